The van der Waals surface area contributed by atoms with Crippen LogP contribution >= 0.6 is 0 Å². The van der Waals surface area contributed by atoms with Crippen LogP contribution in [-0.4, -0.2) is 40.8 Å². The zero-order chi connectivity index (χ0) is 28.1. The highest BCUT2D eigenvalue weighted by Gasteiger charge is 2.30. The molecule has 9 heteroatoms. The monoisotopic (exact) mass is 537 g/mol. The molecule has 0 unspecified atom stereocenters. The van der Waals surface area contributed by atoms with Gasteiger partial charge in [0.2, 0.25) is 0 Å². The number of ether oxygens (including phenoxy) is 2. The Hall–Kier alpha value is -3.85. The number of hydrazone groups is 1. The van der Waals surface area contributed by atoms with Gasteiger partial charge in [-0.2, -0.15) is 5.10 Å². The van der Waals surface area contributed by atoms with E-state index in [1.807, 2.05) is 31.2 Å². The Bertz CT molecular complexity index is 1410. The fourth-order valence-corrected chi connectivity index (χ4v) is 5.14. The van der Waals surface area contributed by atoms with E-state index in [-0.39, 0.29) is 21.7 Å². The lowest BCUT2D eigenvalue weighted by molar-refractivity contribution is -0.119. The molecule has 0 bridgehead atoms. The highest BCUT2D eigenvalue weighted by atomic mass is 32.2. The second-order valence-electron chi connectivity index (χ2n) is 9.92. The predicted octanol–water partition coefficient (Wildman–Crippen LogP) is 5.05. The fraction of sp³-hybridized carbons (Fsp3) is 0.310. The number of nitrogens with one attached hydrogen (secondary N) is 1. The van der Waals surface area contributed by atoms with Gasteiger partial charge in [0.25, 0.3) is 15.9 Å². The first-order valence-electron chi connectivity index (χ1n) is 12.1. The third kappa shape index (κ3) is 6.72. The number of rotatable bonds is 9. The van der Waals surface area contributed by atoms with E-state index in [0.29, 0.717) is 11.5 Å². The third-order valence-electron chi connectivity index (χ3n) is 6.07. The van der Waals surface area contributed by atoms with Crippen LogP contribution in [0, 0.1) is 6.92 Å². The van der Waals surface area contributed by atoms with Crippen LogP contribution in [0.15, 0.2) is 76.7 Å². The lowest BCUT2D eigenvalue weighted by Crippen LogP contribution is -2.40. The maximum absolute atomic E-state index is 13.7. The molecule has 0 radical (unpaired) electrons. The number of anilines is 1. The van der Waals surface area contributed by atoms with Crippen LogP contribution in [0.1, 0.15) is 44.4 Å². The molecule has 1 amide bonds. The molecule has 1 N–H and O–H groups in total. The summed E-state index contributed by atoms with van der Waals surface area (Å²) in [6.07, 6.45) is 0. The Morgan fingerprint density at radius 1 is 0.947 bits per heavy atom. The smallest absolute Gasteiger partial charge is 0.264 e. The highest BCUT2D eigenvalue weighted by Crippen LogP contribution is 2.35. The van der Waals surface area contributed by atoms with Gasteiger partial charge in [-0.1, -0.05) is 62.7 Å². The van der Waals surface area contributed by atoms with Crippen molar-refractivity contribution in [2.75, 3.05) is 25.1 Å². The molecule has 38 heavy (non-hydrogen) atoms. The molecular weight excluding hydrogens is 502 g/mol. The molecule has 3 aromatic rings. The van der Waals surface area contributed by atoms with Gasteiger partial charge in [0.05, 0.1) is 30.5 Å². The molecule has 202 valence electrons. The quantitative estimate of drug-likeness (QED) is 0.305. The summed E-state index contributed by atoms with van der Waals surface area (Å²) in [5.74, 6) is 0.0713. The Balaban J connectivity index is 1.93. The van der Waals surface area contributed by atoms with Crippen molar-refractivity contribution in [3.05, 3.63) is 83.4 Å². The number of carbonyl (C=O) groups excluding carboxylic acids is 1. The minimum absolute atomic E-state index is 0.0192. The first-order chi connectivity index (χ1) is 17.9. The first kappa shape index (κ1) is 28.7. The zero-order valence-electron chi connectivity index (χ0n) is 22.9. The summed E-state index contributed by atoms with van der Waals surface area (Å²) in [4.78, 5) is 13.1. The number of amides is 1. The zero-order valence-corrected chi connectivity index (χ0v) is 23.7. The van der Waals surface area contributed by atoms with Crippen LogP contribution in [-0.2, 0) is 20.2 Å². The molecule has 0 spiro atoms. The number of sulfonamides is 1. The van der Waals surface area contributed by atoms with Crippen molar-refractivity contribution < 1.29 is 22.7 Å². The molecular formula is C29H35N3O5S. The number of methoxy groups -OCH3 is 2. The van der Waals surface area contributed by atoms with Crippen molar-refractivity contribution >= 4 is 27.3 Å². The average molecular weight is 538 g/mol. The van der Waals surface area contributed by atoms with Crippen LogP contribution in [0.25, 0.3) is 0 Å². The largest absolute Gasteiger partial charge is 0.497 e. The number of benzene rings is 3. The van der Waals surface area contributed by atoms with Crippen LogP contribution in [0.2, 0.25) is 0 Å². The number of aryl methyl sites for hydroxylation is 1. The van der Waals surface area contributed by atoms with E-state index in [1.54, 1.807) is 31.2 Å². The molecule has 3 rings (SSSR count). The van der Waals surface area contributed by atoms with E-state index in [1.165, 1.54) is 38.0 Å². The molecule has 0 aliphatic rings. The summed E-state index contributed by atoms with van der Waals surface area (Å²) in [7, 11) is -1.24. The van der Waals surface area contributed by atoms with Gasteiger partial charge in [0, 0.05) is 6.07 Å². The van der Waals surface area contributed by atoms with Gasteiger partial charge < -0.3 is 9.47 Å². The molecule has 0 saturated carbocycles. The molecule has 0 aliphatic heterocycles. The predicted molar refractivity (Wildman–Crippen MR) is 151 cm³/mol. The standard InChI is InChI=1S/C29H35N3O5S/c1-20-8-15-25(16-9-20)38(34,35)32(26-18-24(36-6)14-17-27(26)37-7)19-28(33)31-30-21(2)22-10-12-23(13-11-22)29(3,4)5/h8-18H,19H2,1-7H3,(H,31,33)/b30-21-. The normalized spacial score (nSPS) is 12.1. The van der Waals surface area contributed by atoms with E-state index in [0.717, 1.165) is 15.4 Å². The second-order valence-corrected chi connectivity index (χ2v) is 11.8. The lowest BCUT2D eigenvalue weighted by atomic mass is 9.86. The summed E-state index contributed by atoms with van der Waals surface area (Å²) in [6, 6.07) is 19.1. The molecule has 0 atom stereocenters. The lowest BCUT2D eigenvalue weighted by Gasteiger charge is -2.25. The Labute approximate surface area is 225 Å². The Morgan fingerprint density at radius 3 is 2.13 bits per heavy atom. The third-order valence-corrected chi connectivity index (χ3v) is 7.84. The molecule has 0 aliphatic carbocycles. The van der Waals surface area contributed by atoms with Crippen molar-refractivity contribution in [2.24, 2.45) is 5.10 Å². The van der Waals surface area contributed by atoms with E-state index >= 15 is 0 Å². The minimum Gasteiger partial charge on any atom is -0.497 e. The minimum atomic E-state index is -4.14. The summed E-state index contributed by atoms with van der Waals surface area (Å²) >= 11 is 0. The Morgan fingerprint density at radius 2 is 1.58 bits per heavy atom. The van der Waals surface area contributed by atoms with E-state index in [4.69, 9.17) is 9.47 Å². The van der Waals surface area contributed by atoms with E-state index in [2.05, 4.69) is 31.3 Å². The van der Waals surface area contributed by atoms with Gasteiger partial charge in [-0.3, -0.25) is 9.10 Å². The molecule has 0 fully saturated rings. The van der Waals surface area contributed by atoms with Gasteiger partial charge in [-0.25, -0.2) is 13.8 Å². The second kappa shape index (κ2) is 11.7. The van der Waals surface area contributed by atoms with Gasteiger partial charge in [-0.05, 0) is 54.7 Å². The van der Waals surface area contributed by atoms with Crippen LogP contribution in [0.5, 0.6) is 11.5 Å². The number of carbonyl (C=O) groups is 1. The maximum Gasteiger partial charge on any atom is 0.264 e. The first-order valence-corrected chi connectivity index (χ1v) is 13.6. The highest BCUT2D eigenvalue weighted by molar-refractivity contribution is 7.92. The molecule has 8 nitrogen and oxygen atoms in total. The van der Waals surface area contributed by atoms with Crippen LogP contribution in [0.4, 0.5) is 5.69 Å². The van der Waals surface area contributed by atoms with Crippen molar-refractivity contribution in [1.82, 2.24) is 5.43 Å². The van der Waals surface area contributed by atoms with E-state index < -0.39 is 22.5 Å². The van der Waals surface area contributed by atoms with Crippen molar-refractivity contribution in [3.8, 4) is 11.5 Å². The molecule has 0 heterocycles. The summed E-state index contributed by atoms with van der Waals surface area (Å²) < 4.78 is 39.2. The fourth-order valence-electron chi connectivity index (χ4n) is 3.72. The molecule has 0 saturated heterocycles. The van der Waals surface area contributed by atoms with Crippen LogP contribution in [0.3, 0.4) is 0 Å². The average Bonchev–Trinajstić information content (AvgIpc) is 2.89. The summed E-state index contributed by atoms with van der Waals surface area (Å²) in [6.45, 7) is 9.52. The Kier molecular flexibility index (Phi) is 8.83. The van der Waals surface area contributed by atoms with Gasteiger partial charge >= 0.3 is 0 Å². The topological polar surface area (TPSA) is 97.3 Å². The van der Waals surface area contributed by atoms with Gasteiger partial charge in [0.15, 0.2) is 0 Å². The van der Waals surface area contributed by atoms with Gasteiger partial charge in [0.1, 0.15) is 18.0 Å². The maximum atomic E-state index is 13.7. The van der Waals surface area contributed by atoms with Crippen molar-refractivity contribution in [3.63, 3.8) is 0 Å². The number of hydrogen-bond acceptors (Lipinski definition) is 6. The molecule has 0 aromatic heterocycles. The van der Waals surface area contributed by atoms with Crippen LogP contribution < -0.4 is 19.2 Å². The SMILES string of the molecule is COc1ccc(OC)c(N(CC(=O)N/N=C(/C)c2ccc(C(C)(C)C)cc2)S(=O)(=O)c2ccc(C)cc2)c1. The van der Waals surface area contributed by atoms with Crippen molar-refractivity contribution in [1.29, 1.82) is 0 Å². The van der Waals surface area contributed by atoms with Crippen molar-refractivity contribution in [2.45, 2.75) is 44.9 Å². The molecule has 3 aromatic carbocycles. The summed E-state index contributed by atoms with van der Waals surface area (Å²) in [5.41, 5.74) is 6.21. The number of hydrogen-bond donors (Lipinski definition) is 1. The van der Waals surface area contributed by atoms with E-state index in [9.17, 15) is 13.2 Å². The summed E-state index contributed by atoms with van der Waals surface area (Å²) in [5, 5.41) is 4.22. The number of nitrogens with zero attached hydrogens (tertiary/aromatic N) is 2. The van der Waals surface area contributed by atoms with Gasteiger partial charge in [-0.15, -0.1) is 0 Å².